The smallest absolute Gasteiger partial charge is 0.330 e. The molecule has 0 radical (unpaired) electrons. The van der Waals surface area contributed by atoms with E-state index in [-0.39, 0.29) is 6.61 Å². The van der Waals surface area contributed by atoms with E-state index in [1.165, 1.54) is 0 Å². The Morgan fingerprint density at radius 3 is 1.00 bits per heavy atom. The zero-order valence-electron chi connectivity index (χ0n) is 24.8. The second kappa shape index (κ2) is 34.0. The summed E-state index contributed by atoms with van der Waals surface area (Å²) in [5, 5.41) is 0. The van der Waals surface area contributed by atoms with Crippen molar-refractivity contribution in [3.8, 4) is 0 Å². The SMILES string of the molecule is C=CC(=O)OCCOCCOCCOCCOCCOCCOCCOCCOCCOCCOCC(C)CC. The molecule has 0 aromatic heterocycles. The van der Waals surface area contributed by atoms with Gasteiger partial charge in [0, 0.05) is 12.7 Å². The normalized spacial score (nSPS) is 12.1. The maximum atomic E-state index is 10.8. The average Bonchev–Trinajstić information content (AvgIpc) is 2.97. The molecule has 0 heterocycles. The van der Waals surface area contributed by atoms with E-state index in [2.05, 4.69) is 20.4 Å². The molecule has 0 bridgehead atoms. The lowest BCUT2D eigenvalue weighted by Crippen LogP contribution is -2.15. The van der Waals surface area contributed by atoms with Gasteiger partial charge in [0.05, 0.1) is 126 Å². The number of hydrogen-bond donors (Lipinski definition) is 0. The summed E-state index contributed by atoms with van der Waals surface area (Å²) in [6.45, 7) is 18.2. The minimum absolute atomic E-state index is 0.201. The third-order valence-electron chi connectivity index (χ3n) is 5.09. The Morgan fingerprint density at radius 2 is 0.750 bits per heavy atom. The van der Waals surface area contributed by atoms with Crippen molar-refractivity contribution in [1.82, 2.24) is 0 Å². The number of ether oxygens (including phenoxy) is 11. The third kappa shape index (κ3) is 33.0. The lowest BCUT2D eigenvalue weighted by molar-refractivity contribution is -0.139. The summed E-state index contributed by atoms with van der Waals surface area (Å²) >= 11 is 0. The Hall–Kier alpha value is -1.19. The van der Waals surface area contributed by atoms with Crippen molar-refractivity contribution >= 4 is 5.97 Å². The molecule has 0 aliphatic rings. The van der Waals surface area contributed by atoms with E-state index < -0.39 is 5.97 Å². The molecule has 0 saturated carbocycles. The highest BCUT2D eigenvalue weighted by Gasteiger charge is 1.99. The van der Waals surface area contributed by atoms with Crippen LogP contribution in [0.4, 0.5) is 0 Å². The molecule has 0 saturated heterocycles. The summed E-state index contributed by atoms with van der Waals surface area (Å²) < 4.78 is 59.1. The van der Waals surface area contributed by atoms with Crippen LogP contribution in [0, 0.1) is 5.92 Å². The van der Waals surface area contributed by atoms with Gasteiger partial charge in [0.15, 0.2) is 0 Å². The highest BCUT2D eigenvalue weighted by atomic mass is 16.6. The first kappa shape index (κ1) is 38.8. The number of carbonyl (C=O) groups excluding carboxylic acids is 1. The molecule has 1 unspecified atom stereocenters. The van der Waals surface area contributed by atoms with Crippen molar-refractivity contribution in [2.45, 2.75) is 20.3 Å². The van der Waals surface area contributed by atoms with Crippen molar-refractivity contribution in [2.75, 3.05) is 139 Å². The Morgan fingerprint density at radius 1 is 0.500 bits per heavy atom. The van der Waals surface area contributed by atoms with Crippen LogP contribution in [0.3, 0.4) is 0 Å². The molecule has 238 valence electrons. The second-order valence-electron chi connectivity index (χ2n) is 8.47. The third-order valence-corrected chi connectivity index (χ3v) is 5.09. The molecule has 40 heavy (non-hydrogen) atoms. The van der Waals surface area contributed by atoms with Crippen molar-refractivity contribution in [1.29, 1.82) is 0 Å². The fourth-order valence-electron chi connectivity index (χ4n) is 2.64. The predicted molar refractivity (Wildman–Crippen MR) is 149 cm³/mol. The van der Waals surface area contributed by atoms with Gasteiger partial charge in [0.2, 0.25) is 0 Å². The first-order valence-corrected chi connectivity index (χ1v) is 14.3. The molecule has 0 N–H and O–H groups in total. The average molecular weight is 583 g/mol. The molecule has 0 aliphatic carbocycles. The monoisotopic (exact) mass is 582 g/mol. The van der Waals surface area contributed by atoms with Gasteiger partial charge < -0.3 is 52.1 Å². The van der Waals surface area contributed by atoms with E-state index in [1.54, 1.807) is 0 Å². The number of hydrogen-bond acceptors (Lipinski definition) is 12. The molecular formula is C28H54O12. The van der Waals surface area contributed by atoms with Gasteiger partial charge >= 0.3 is 5.97 Å². The van der Waals surface area contributed by atoms with Gasteiger partial charge in [0.1, 0.15) is 6.61 Å². The summed E-state index contributed by atoms with van der Waals surface area (Å²) in [4.78, 5) is 10.8. The van der Waals surface area contributed by atoms with Gasteiger partial charge in [-0.1, -0.05) is 26.8 Å². The summed E-state index contributed by atoms with van der Waals surface area (Å²) in [5.41, 5.74) is 0. The van der Waals surface area contributed by atoms with E-state index in [0.717, 1.165) is 19.1 Å². The van der Waals surface area contributed by atoms with Crippen LogP contribution < -0.4 is 0 Å². The van der Waals surface area contributed by atoms with Gasteiger partial charge in [-0.3, -0.25) is 0 Å². The Bertz CT molecular complexity index is 524. The minimum atomic E-state index is -0.457. The molecule has 0 rings (SSSR count). The lowest BCUT2D eigenvalue weighted by Gasteiger charge is -2.10. The van der Waals surface area contributed by atoms with E-state index in [4.69, 9.17) is 52.1 Å². The van der Waals surface area contributed by atoms with Crippen LogP contribution in [-0.2, 0) is 56.9 Å². The van der Waals surface area contributed by atoms with Crippen molar-refractivity contribution in [2.24, 2.45) is 5.92 Å². The summed E-state index contributed by atoms with van der Waals surface area (Å²) in [6, 6.07) is 0. The van der Waals surface area contributed by atoms with Crippen LogP contribution in [0.15, 0.2) is 12.7 Å². The fraction of sp³-hybridized carbons (Fsp3) is 0.893. The van der Waals surface area contributed by atoms with Gasteiger partial charge in [-0.05, 0) is 5.92 Å². The second-order valence-corrected chi connectivity index (χ2v) is 8.47. The maximum absolute atomic E-state index is 10.8. The topological polar surface area (TPSA) is 119 Å². The molecule has 0 amide bonds. The molecule has 12 heteroatoms. The molecule has 12 nitrogen and oxygen atoms in total. The molecule has 1 atom stereocenters. The standard InChI is InChI=1S/C28H54O12/c1-4-27(3)26-39-23-22-37-19-18-35-15-14-33-11-10-31-7-6-30-8-9-32-12-13-34-16-17-36-20-21-38-24-25-40-28(29)5-2/h5,27H,2,4,6-26H2,1,3H3. The number of rotatable bonds is 34. The molecule has 0 fully saturated rings. The van der Waals surface area contributed by atoms with Crippen LogP contribution in [-0.4, -0.2) is 145 Å². The highest BCUT2D eigenvalue weighted by molar-refractivity contribution is 5.81. The number of esters is 1. The van der Waals surface area contributed by atoms with Crippen molar-refractivity contribution < 1.29 is 56.9 Å². The molecule has 0 spiro atoms. The quantitative estimate of drug-likeness (QED) is 0.0627. The van der Waals surface area contributed by atoms with Crippen LogP contribution in [0.5, 0.6) is 0 Å². The van der Waals surface area contributed by atoms with Crippen LogP contribution in [0.2, 0.25) is 0 Å². The Balaban J connectivity index is 3.06. The molecule has 0 aromatic rings. The Labute approximate surface area is 240 Å². The van der Waals surface area contributed by atoms with Gasteiger partial charge in [0.25, 0.3) is 0 Å². The minimum Gasteiger partial charge on any atom is -0.460 e. The zero-order valence-corrected chi connectivity index (χ0v) is 24.8. The van der Waals surface area contributed by atoms with Gasteiger partial charge in [-0.2, -0.15) is 0 Å². The summed E-state index contributed by atoms with van der Waals surface area (Å²) in [6.07, 6.45) is 2.25. The first-order chi connectivity index (χ1) is 19.7. The largest absolute Gasteiger partial charge is 0.460 e. The predicted octanol–water partition coefficient (Wildman–Crippen LogP) is 1.93. The lowest BCUT2D eigenvalue weighted by atomic mass is 10.1. The molecule has 0 aromatic carbocycles. The molecular weight excluding hydrogens is 528 g/mol. The fourth-order valence-corrected chi connectivity index (χ4v) is 2.64. The highest BCUT2D eigenvalue weighted by Crippen LogP contribution is 2.00. The first-order valence-electron chi connectivity index (χ1n) is 14.3. The van der Waals surface area contributed by atoms with Crippen LogP contribution in [0.1, 0.15) is 20.3 Å². The van der Waals surface area contributed by atoms with Gasteiger partial charge in [-0.15, -0.1) is 0 Å². The van der Waals surface area contributed by atoms with E-state index in [9.17, 15) is 4.79 Å². The molecule has 0 aliphatic heterocycles. The van der Waals surface area contributed by atoms with E-state index in [0.29, 0.717) is 131 Å². The maximum Gasteiger partial charge on any atom is 0.330 e. The van der Waals surface area contributed by atoms with Gasteiger partial charge in [-0.25, -0.2) is 4.79 Å². The zero-order chi connectivity index (χ0) is 29.2. The van der Waals surface area contributed by atoms with E-state index in [1.807, 2.05) is 0 Å². The number of carbonyl (C=O) groups is 1. The van der Waals surface area contributed by atoms with E-state index >= 15 is 0 Å². The van der Waals surface area contributed by atoms with Crippen molar-refractivity contribution in [3.05, 3.63) is 12.7 Å². The van der Waals surface area contributed by atoms with Crippen LogP contribution in [0.25, 0.3) is 0 Å². The summed E-state index contributed by atoms with van der Waals surface area (Å²) in [7, 11) is 0. The van der Waals surface area contributed by atoms with Crippen LogP contribution >= 0.6 is 0 Å². The summed E-state index contributed by atoms with van der Waals surface area (Å²) in [5.74, 6) is 0.139. The Kier molecular flexibility index (Phi) is 33.0. The van der Waals surface area contributed by atoms with Crippen molar-refractivity contribution in [3.63, 3.8) is 0 Å².